The Bertz CT molecular complexity index is 1390. The summed E-state index contributed by atoms with van der Waals surface area (Å²) in [4.78, 5) is 43.6. The lowest BCUT2D eigenvalue weighted by atomic mass is 10.2. The highest BCUT2D eigenvalue weighted by atomic mass is 32.2. The van der Waals surface area contributed by atoms with Gasteiger partial charge in [0.15, 0.2) is 0 Å². The molecule has 188 valence electrons. The quantitative estimate of drug-likeness (QED) is 0.280. The standard InChI is InChI=1S/C27H23FN4O4S/c28-22-6-2-1-5-19(22)17-25-27(34)31(23-7-3-4-8-24(23)37-25)18-26(33)30-15-13-29(14-16-30)20-9-11-21(12-10-20)32(35)36/h1-12,17H,13-16,18H2. The van der Waals surface area contributed by atoms with Gasteiger partial charge in [-0.2, -0.15) is 0 Å². The molecule has 0 bridgehead atoms. The Balaban J connectivity index is 1.29. The molecule has 10 heteroatoms. The second-order valence-electron chi connectivity index (χ2n) is 8.63. The molecule has 0 N–H and O–H groups in total. The van der Waals surface area contributed by atoms with Crippen LogP contribution in [0.4, 0.5) is 21.5 Å². The minimum atomic E-state index is -0.435. The van der Waals surface area contributed by atoms with E-state index >= 15 is 0 Å². The van der Waals surface area contributed by atoms with Crippen molar-refractivity contribution in [1.29, 1.82) is 0 Å². The number of carbonyl (C=O) groups excluding carboxylic acids is 2. The van der Waals surface area contributed by atoms with Crippen LogP contribution in [0.25, 0.3) is 6.08 Å². The average Bonchev–Trinajstić information content (AvgIpc) is 2.92. The van der Waals surface area contributed by atoms with Crippen LogP contribution in [0.2, 0.25) is 0 Å². The fourth-order valence-corrected chi connectivity index (χ4v) is 5.44. The first kappa shape index (κ1) is 24.5. The number of nitro groups is 1. The van der Waals surface area contributed by atoms with Gasteiger partial charge in [0, 0.05) is 54.5 Å². The maximum atomic E-state index is 14.3. The number of hydrogen-bond donors (Lipinski definition) is 0. The van der Waals surface area contributed by atoms with Gasteiger partial charge >= 0.3 is 0 Å². The van der Waals surface area contributed by atoms with E-state index in [9.17, 15) is 24.1 Å². The molecular weight excluding hydrogens is 495 g/mol. The molecule has 0 aliphatic carbocycles. The summed E-state index contributed by atoms with van der Waals surface area (Å²) in [6.07, 6.45) is 1.53. The SMILES string of the molecule is O=C(CN1C(=O)C(=Cc2ccccc2F)Sc2ccccc21)N1CCN(c2ccc([N+](=O)[O-])cc2)CC1. The van der Waals surface area contributed by atoms with Crippen molar-refractivity contribution in [3.63, 3.8) is 0 Å². The van der Waals surface area contributed by atoms with E-state index in [1.807, 2.05) is 18.2 Å². The van der Waals surface area contributed by atoms with Crippen LogP contribution in [-0.2, 0) is 9.59 Å². The number of hydrogen-bond acceptors (Lipinski definition) is 6. The van der Waals surface area contributed by atoms with Gasteiger partial charge in [-0.15, -0.1) is 0 Å². The molecule has 0 unspecified atom stereocenters. The molecule has 2 aliphatic rings. The summed E-state index contributed by atoms with van der Waals surface area (Å²) in [7, 11) is 0. The molecular formula is C27H23FN4O4S. The van der Waals surface area contributed by atoms with Crippen LogP contribution in [-0.4, -0.2) is 54.4 Å². The van der Waals surface area contributed by atoms with Gasteiger partial charge < -0.3 is 9.80 Å². The van der Waals surface area contributed by atoms with Crippen LogP contribution < -0.4 is 9.80 Å². The van der Waals surface area contributed by atoms with Crippen molar-refractivity contribution in [1.82, 2.24) is 4.90 Å². The Hall–Kier alpha value is -4.18. The Morgan fingerprint density at radius 3 is 2.35 bits per heavy atom. The van der Waals surface area contributed by atoms with Gasteiger partial charge in [0.2, 0.25) is 5.91 Å². The van der Waals surface area contributed by atoms with Gasteiger partial charge in [-0.3, -0.25) is 24.6 Å². The van der Waals surface area contributed by atoms with Gasteiger partial charge in [0.1, 0.15) is 12.4 Å². The fourth-order valence-electron chi connectivity index (χ4n) is 4.39. The number of thioether (sulfide) groups is 1. The van der Waals surface area contributed by atoms with Crippen molar-refractivity contribution in [2.45, 2.75) is 4.90 Å². The number of benzene rings is 3. The molecule has 5 rings (SSSR count). The smallest absolute Gasteiger partial charge is 0.269 e. The maximum Gasteiger partial charge on any atom is 0.269 e. The van der Waals surface area contributed by atoms with E-state index in [4.69, 9.17) is 0 Å². The van der Waals surface area contributed by atoms with Gasteiger partial charge in [-0.25, -0.2) is 4.39 Å². The van der Waals surface area contributed by atoms with Gasteiger partial charge in [0.05, 0.1) is 15.5 Å². The number of nitro benzene ring substituents is 1. The molecule has 0 spiro atoms. The van der Waals surface area contributed by atoms with Crippen LogP contribution in [0.5, 0.6) is 0 Å². The molecule has 2 aliphatic heterocycles. The summed E-state index contributed by atoms with van der Waals surface area (Å²) in [6.45, 7) is 1.95. The van der Waals surface area contributed by atoms with Crippen LogP contribution in [0.1, 0.15) is 5.56 Å². The Kier molecular flexibility index (Phi) is 6.91. The highest BCUT2D eigenvalue weighted by molar-refractivity contribution is 8.04. The van der Waals surface area contributed by atoms with E-state index in [0.29, 0.717) is 42.3 Å². The van der Waals surface area contributed by atoms with Crippen molar-refractivity contribution in [2.75, 3.05) is 42.5 Å². The summed E-state index contributed by atoms with van der Waals surface area (Å²) in [5.41, 5.74) is 1.86. The molecule has 2 amide bonds. The zero-order chi connectivity index (χ0) is 25.9. The molecule has 37 heavy (non-hydrogen) atoms. The Morgan fingerprint density at radius 2 is 1.65 bits per heavy atom. The second-order valence-corrected chi connectivity index (χ2v) is 9.72. The third-order valence-corrected chi connectivity index (χ3v) is 7.45. The van der Waals surface area contributed by atoms with E-state index in [1.165, 1.54) is 40.9 Å². The topological polar surface area (TPSA) is 87.0 Å². The van der Waals surface area contributed by atoms with E-state index in [0.717, 1.165) is 10.6 Å². The Labute approximate surface area is 217 Å². The third-order valence-electron chi connectivity index (χ3n) is 6.38. The predicted molar refractivity (Wildman–Crippen MR) is 141 cm³/mol. The average molecular weight is 519 g/mol. The lowest BCUT2D eigenvalue weighted by Crippen LogP contribution is -2.52. The lowest BCUT2D eigenvalue weighted by Gasteiger charge is -2.37. The molecule has 0 atom stereocenters. The van der Waals surface area contributed by atoms with Crippen LogP contribution >= 0.6 is 11.8 Å². The number of halogens is 1. The molecule has 0 radical (unpaired) electrons. The summed E-state index contributed by atoms with van der Waals surface area (Å²) in [5, 5.41) is 10.9. The van der Waals surface area contributed by atoms with Crippen LogP contribution in [0.15, 0.2) is 82.6 Å². The highest BCUT2D eigenvalue weighted by Gasteiger charge is 2.32. The minimum Gasteiger partial charge on any atom is -0.368 e. The number of nitrogens with zero attached hydrogens (tertiary/aromatic N) is 4. The number of anilines is 2. The summed E-state index contributed by atoms with van der Waals surface area (Å²) in [6, 6.07) is 20.0. The van der Waals surface area contributed by atoms with Gasteiger partial charge in [-0.05, 0) is 36.4 Å². The maximum absolute atomic E-state index is 14.3. The first-order valence-electron chi connectivity index (χ1n) is 11.7. The number of rotatable bonds is 5. The van der Waals surface area contributed by atoms with Crippen molar-refractivity contribution < 1.29 is 18.9 Å². The molecule has 3 aromatic carbocycles. The van der Waals surface area contributed by atoms with Crippen molar-refractivity contribution >= 4 is 46.7 Å². The van der Waals surface area contributed by atoms with Crippen molar-refractivity contribution in [3.05, 3.63) is 99.2 Å². The van der Waals surface area contributed by atoms with Crippen LogP contribution in [0.3, 0.4) is 0 Å². The number of piperazine rings is 1. The first-order valence-corrected chi connectivity index (χ1v) is 12.5. The molecule has 1 fully saturated rings. The lowest BCUT2D eigenvalue weighted by molar-refractivity contribution is -0.384. The highest BCUT2D eigenvalue weighted by Crippen LogP contribution is 2.42. The molecule has 3 aromatic rings. The summed E-state index contributed by atoms with van der Waals surface area (Å²) >= 11 is 1.27. The molecule has 2 heterocycles. The zero-order valence-corrected chi connectivity index (χ0v) is 20.6. The number of carbonyl (C=O) groups is 2. The van der Waals surface area contributed by atoms with E-state index in [-0.39, 0.29) is 24.0 Å². The summed E-state index contributed by atoms with van der Waals surface area (Å²) < 4.78 is 14.3. The minimum absolute atomic E-state index is 0.0330. The molecule has 8 nitrogen and oxygen atoms in total. The first-order chi connectivity index (χ1) is 17.9. The van der Waals surface area contributed by atoms with E-state index in [1.54, 1.807) is 41.3 Å². The molecule has 0 saturated carbocycles. The Morgan fingerprint density at radius 1 is 0.973 bits per heavy atom. The zero-order valence-electron chi connectivity index (χ0n) is 19.7. The molecule has 0 aromatic heterocycles. The summed E-state index contributed by atoms with van der Waals surface area (Å²) in [5.74, 6) is -0.941. The number of non-ortho nitro benzene ring substituents is 1. The number of para-hydroxylation sites is 1. The van der Waals surface area contributed by atoms with Gasteiger partial charge in [-0.1, -0.05) is 42.1 Å². The van der Waals surface area contributed by atoms with E-state index < -0.39 is 10.7 Å². The number of fused-ring (bicyclic) bond motifs is 1. The van der Waals surface area contributed by atoms with Crippen molar-refractivity contribution in [2.24, 2.45) is 0 Å². The predicted octanol–water partition coefficient (Wildman–Crippen LogP) is 4.56. The van der Waals surface area contributed by atoms with Gasteiger partial charge in [0.25, 0.3) is 11.6 Å². The normalized spacial score (nSPS) is 16.6. The third kappa shape index (κ3) is 5.19. The van der Waals surface area contributed by atoms with Crippen LogP contribution in [0, 0.1) is 15.9 Å². The number of amides is 2. The molecule has 1 saturated heterocycles. The van der Waals surface area contributed by atoms with E-state index in [2.05, 4.69) is 4.90 Å². The second kappa shape index (κ2) is 10.4. The monoisotopic (exact) mass is 518 g/mol. The fraction of sp³-hybridized carbons (Fsp3) is 0.185. The largest absolute Gasteiger partial charge is 0.368 e. The van der Waals surface area contributed by atoms with Crippen molar-refractivity contribution in [3.8, 4) is 0 Å².